The van der Waals surface area contributed by atoms with E-state index in [0.717, 1.165) is 22.3 Å². The molecule has 0 unspecified atom stereocenters. The summed E-state index contributed by atoms with van der Waals surface area (Å²) in [6.45, 7) is 2.47. The van der Waals surface area contributed by atoms with Gasteiger partial charge in [-0.2, -0.15) is 5.10 Å². The fourth-order valence-corrected chi connectivity index (χ4v) is 2.64. The summed E-state index contributed by atoms with van der Waals surface area (Å²) in [4.78, 5) is 0. The average molecular weight is 353 g/mol. The Morgan fingerprint density at radius 1 is 1.43 bits per heavy atom. The Kier molecular flexibility index (Phi) is 4.85. The summed E-state index contributed by atoms with van der Waals surface area (Å²) in [5.74, 6) is 0.777. The summed E-state index contributed by atoms with van der Waals surface area (Å²) in [5.41, 5.74) is 8.14. The minimum Gasteiger partial charge on any atom is -0.487 e. The standard InChI is InChI=1S/C14H17BrN4O2/c1-3-11-13(15)12(19(2)17-11)8-21-10-6-4-9(5-7-10)14(16)18-20/h4-7,20H,3,8H2,1-2H3,(H2,16,18). The predicted molar refractivity (Wildman–Crippen MR) is 83.6 cm³/mol. The minimum atomic E-state index is 0.0727. The summed E-state index contributed by atoms with van der Waals surface area (Å²) < 4.78 is 8.55. The molecule has 0 fully saturated rings. The lowest BCUT2D eigenvalue weighted by Gasteiger charge is -2.08. The highest BCUT2D eigenvalue weighted by molar-refractivity contribution is 9.10. The molecule has 0 atom stereocenters. The highest BCUT2D eigenvalue weighted by Crippen LogP contribution is 2.23. The molecule has 0 amide bonds. The van der Waals surface area contributed by atoms with Crippen LogP contribution in [0, 0.1) is 0 Å². The van der Waals surface area contributed by atoms with Crippen molar-refractivity contribution >= 4 is 21.8 Å². The molecule has 0 saturated carbocycles. The molecule has 0 spiro atoms. The Morgan fingerprint density at radius 3 is 2.62 bits per heavy atom. The van der Waals surface area contributed by atoms with Crippen molar-refractivity contribution in [2.24, 2.45) is 17.9 Å². The fourth-order valence-electron chi connectivity index (χ4n) is 1.91. The third-order valence-corrected chi connectivity index (χ3v) is 4.05. The fraction of sp³-hybridized carbons (Fsp3) is 0.286. The SMILES string of the molecule is CCc1nn(C)c(COc2ccc(C(N)=NO)cc2)c1Br. The van der Waals surface area contributed by atoms with Gasteiger partial charge < -0.3 is 15.7 Å². The van der Waals surface area contributed by atoms with Gasteiger partial charge >= 0.3 is 0 Å². The van der Waals surface area contributed by atoms with E-state index < -0.39 is 0 Å². The number of hydrogen-bond donors (Lipinski definition) is 2. The van der Waals surface area contributed by atoms with Crippen molar-refractivity contribution in [1.29, 1.82) is 0 Å². The molecular formula is C14H17BrN4O2. The van der Waals surface area contributed by atoms with Crippen molar-refractivity contribution in [3.8, 4) is 5.75 Å². The number of rotatable bonds is 5. The molecule has 112 valence electrons. The van der Waals surface area contributed by atoms with Crippen molar-refractivity contribution in [3.05, 3.63) is 45.7 Å². The third kappa shape index (κ3) is 3.36. The Labute approximate surface area is 131 Å². The lowest BCUT2D eigenvalue weighted by atomic mass is 10.2. The number of oxime groups is 1. The largest absolute Gasteiger partial charge is 0.487 e. The molecule has 1 aromatic carbocycles. The van der Waals surface area contributed by atoms with Gasteiger partial charge in [0, 0.05) is 12.6 Å². The van der Waals surface area contributed by atoms with Crippen LogP contribution < -0.4 is 10.5 Å². The second-order valence-electron chi connectivity index (χ2n) is 4.48. The minimum absolute atomic E-state index is 0.0727. The van der Waals surface area contributed by atoms with Crippen LogP contribution in [0.5, 0.6) is 5.75 Å². The maximum absolute atomic E-state index is 8.61. The molecule has 6 nitrogen and oxygen atoms in total. The number of hydrogen-bond acceptors (Lipinski definition) is 4. The Hall–Kier alpha value is -2.02. The van der Waals surface area contributed by atoms with Gasteiger partial charge in [0.2, 0.25) is 0 Å². The number of benzene rings is 1. The summed E-state index contributed by atoms with van der Waals surface area (Å²) in [5, 5.41) is 16.0. The molecule has 7 heteroatoms. The second-order valence-corrected chi connectivity index (χ2v) is 5.28. The zero-order chi connectivity index (χ0) is 15.4. The smallest absolute Gasteiger partial charge is 0.170 e. The van der Waals surface area contributed by atoms with Crippen molar-refractivity contribution in [3.63, 3.8) is 0 Å². The highest BCUT2D eigenvalue weighted by atomic mass is 79.9. The Bertz CT molecular complexity index is 650. The van der Waals surface area contributed by atoms with Crippen LogP contribution in [-0.4, -0.2) is 20.8 Å². The third-order valence-electron chi connectivity index (χ3n) is 3.14. The average Bonchev–Trinajstić information content (AvgIpc) is 2.79. The van der Waals surface area contributed by atoms with Gasteiger partial charge in [-0.05, 0) is 46.6 Å². The molecule has 21 heavy (non-hydrogen) atoms. The van der Waals surface area contributed by atoms with Gasteiger partial charge in [0.15, 0.2) is 5.84 Å². The molecule has 0 bridgehead atoms. The van der Waals surface area contributed by atoms with Crippen molar-refractivity contribution in [1.82, 2.24) is 9.78 Å². The number of halogens is 1. The van der Waals surface area contributed by atoms with Crippen LogP contribution >= 0.6 is 15.9 Å². The van der Waals surface area contributed by atoms with Gasteiger partial charge in [0.05, 0.1) is 15.9 Å². The molecule has 3 N–H and O–H groups in total. The first-order valence-electron chi connectivity index (χ1n) is 6.47. The number of aryl methyl sites for hydroxylation is 2. The van der Waals surface area contributed by atoms with E-state index in [-0.39, 0.29) is 5.84 Å². The number of aromatic nitrogens is 2. The molecule has 1 aromatic heterocycles. The first-order valence-corrected chi connectivity index (χ1v) is 7.27. The van der Waals surface area contributed by atoms with Gasteiger partial charge in [-0.15, -0.1) is 0 Å². The van der Waals surface area contributed by atoms with E-state index >= 15 is 0 Å². The summed E-state index contributed by atoms with van der Waals surface area (Å²) in [6.07, 6.45) is 0.864. The van der Waals surface area contributed by atoms with Crippen LogP contribution in [-0.2, 0) is 20.1 Å². The molecule has 2 aromatic rings. The zero-order valence-electron chi connectivity index (χ0n) is 11.9. The van der Waals surface area contributed by atoms with E-state index in [9.17, 15) is 0 Å². The Balaban J connectivity index is 2.08. The number of nitrogens with zero attached hydrogens (tertiary/aromatic N) is 3. The van der Waals surface area contributed by atoms with Crippen LogP contribution in [0.15, 0.2) is 33.9 Å². The van der Waals surface area contributed by atoms with E-state index in [0.29, 0.717) is 17.9 Å². The maximum Gasteiger partial charge on any atom is 0.170 e. The first-order chi connectivity index (χ1) is 10.1. The summed E-state index contributed by atoms with van der Waals surface area (Å²) in [6, 6.07) is 7.02. The van der Waals surface area contributed by atoms with E-state index in [4.69, 9.17) is 15.7 Å². The van der Waals surface area contributed by atoms with Crippen molar-refractivity contribution in [2.75, 3.05) is 0 Å². The van der Waals surface area contributed by atoms with Gasteiger partial charge in [0.1, 0.15) is 12.4 Å². The van der Waals surface area contributed by atoms with Crippen LogP contribution in [0.25, 0.3) is 0 Å². The van der Waals surface area contributed by atoms with Gasteiger partial charge in [-0.3, -0.25) is 4.68 Å². The molecule has 0 aliphatic carbocycles. The molecule has 1 heterocycles. The lowest BCUT2D eigenvalue weighted by Crippen LogP contribution is -2.12. The Morgan fingerprint density at radius 2 is 2.10 bits per heavy atom. The second kappa shape index (κ2) is 6.62. The molecule has 0 aliphatic heterocycles. The summed E-state index contributed by atoms with van der Waals surface area (Å²) >= 11 is 3.55. The normalized spacial score (nSPS) is 11.7. The zero-order valence-corrected chi connectivity index (χ0v) is 13.5. The van der Waals surface area contributed by atoms with Crippen LogP contribution in [0.1, 0.15) is 23.9 Å². The molecular weight excluding hydrogens is 336 g/mol. The molecule has 0 aliphatic rings. The monoisotopic (exact) mass is 352 g/mol. The van der Waals surface area contributed by atoms with Crippen molar-refractivity contribution in [2.45, 2.75) is 20.0 Å². The van der Waals surface area contributed by atoms with E-state index in [2.05, 4.69) is 33.1 Å². The lowest BCUT2D eigenvalue weighted by molar-refractivity contribution is 0.294. The van der Waals surface area contributed by atoms with E-state index in [1.165, 1.54) is 0 Å². The van der Waals surface area contributed by atoms with Crippen molar-refractivity contribution < 1.29 is 9.94 Å². The number of nitrogens with two attached hydrogens (primary N) is 1. The summed E-state index contributed by atoms with van der Waals surface area (Å²) in [7, 11) is 1.89. The van der Waals surface area contributed by atoms with E-state index in [1.807, 2.05) is 11.7 Å². The molecule has 0 saturated heterocycles. The van der Waals surface area contributed by atoms with E-state index in [1.54, 1.807) is 24.3 Å². The van der Waals surface area contributed by atoms with Crippen LogP contribution in [0.3, 0.4) is 0 Å². The van der Waals surface area contributed by atoms with Crippen LogP contribution in [0.4, 0.5) is 0 Å². The first kappa shape index (κ1) is 15.4. The molecule has 2 rings (SSSR count). The van der Waals surface area contributed by atoms with Gasteiger partial charge in [0.25, 0.3) is 0 Å². The quantitative estimate of drug-likeness (QED) is 0.374. The maximum atomic E-state index is 8.61. The topological polar surface area (TPSA) is 85.7 Å². The predicted octanol–water partition coefficient (Wildman–Crippen LogP) is 2.42. The molecule has 0 radical (unpaired) electrons. The van der Waals surface area contributed by atoms with Crippen LogP contribution in [0.2, 0.25) is 0 Å². The highest BCUT2D eigenvalue weighted by Gasteiger charge is 2.13. The van der Waals surface area contributed by atoms with Gasteiger partial charge in [-0.1, -0.05) is 12.1 Å². The number of ether oxygens (including phenoxy) is 1. The van der Waals surface area contributed by atoms with Gasteiger partial charge in [-0.25, -0.2) is 0 Å². The number of amidine groups is 1.